The number of hydrogen-bond acceptors (Lipinski definition) is 1. The zero-order chi connectivity index (χ0) is 9.56. The first-order chi connectivity index (χ1) is 5.63. The minimum atomic E-state index is -0.0437. The van der Waals surface area contributed by atoms with Crippen molar-refractivity contribution in [2.24, 2.45) is 0 Å². The summed E-state index contributed by atoms with van der Waals surface area (Å²) < 4.78 is 0. The molecule has 1 unspecified atom stereocenters. The van der Waals surface area contributed by atoms with Gasteiger partial charge in [0.05, 0.1) is 0 Å². The predicted molar refractivity (Wildman–Crippen MR) is 51.7 cm³/mol. The van der Waals surface area contributed by atoms with E-state index in [9.17, 15) is 4.79 Å². The molecule has 2 heteroatoms. The van der Waals surface area contributed by atoms with E-state index in [1.807, 2.05) is 4.90 Å². The highest BCUT2D eigenvalue weighted by Crippen LogP contribution is 2.05. The Labute approximate surface area is 75.9 Å². The third-order valence-electron chi connectivity index (χ3n) is 2.20. The molecule has 71 valence electrons. The second-order valence-electron chi connectivity index (χ2n) is 3.20. The van der Waals surface area contributed by atoms with Crippen LogP contribution in [-0.2, 0) is 4.79 Å². The van der Waals surface area contributed by atoms with E-state index in [0.717, 1.165) is 25.8 Å². The third-order valence-corrected chi connectivity index (χ3v) is 2.20. The third kappa shape index (κ3) is 3.74. The van der Waals surface area contributed by atoms with E-state index >= 15 is 0 Å². The predicted octanol–water partition coefficient (Wildman–Crippen LogP) is 2.25. The van der Waals surface area contributed by atoms with Gasteiger partial charge in [0, 0.05) is 19.5 Å². The van der Waals surface area contributed by atoms with Crippen molar-refractivity contribution in [3.8, 4) is 0 Å². The second kappa shape index (κ2) is 6.04. The van der Waals surface area contributed by atoms with Crippen molar-refractivity contribution in [2.75, 3.05) is 6.54 Å². The lowest BCUT2D eigenvalue weighted by atomic mass is 10.2. The second-order valence-corrected chi connectivity index (χ2v) is 3.20. The number of rotatable bonds is 5. The van der Waals surface area contributed by atoms with Crippen molar-refractivity contribution in [1.29, 1.82) is 0 Å². The monoisotopic (exact) mass is 170 g/mol. The van der Waals surface area contributed by atoms with Crippen LogP contribution in [-0.4, -0.2) is 23.4 Å². The summed E-state index contributed by atoms with van der Waals surface area (Å²) >= 11 is 0. The average molecular weight is 170 g/mol. The van der Waals surface area contributed by atoms with E-state index in [0.29, 0.717) is 6.04 Å². The number of hydrogen-bond donors (Lipinski definition) is 0. The molecule has 0 N–H and O–H groups in total. The maximum atomic E-state index is 11.1. The van der Waals surface area contributed by atoms with E-state index in [-0.39, 0.29) is 5.91 Å². The van der Waals surface area contributed by atoms with Gasteiger partial charge < -0.3 is 4.90 Å². The maximum absolute atomic E-state index is 11.1. The van der Waals surface area contributed by atoms with E-state index in [2.05, 4.69) is 27.7 Å². The van der Waals surface area contributed by atoms with Crippen molar-refractivity contribution in [3.05, 3.63) is 6.92 Å². The summed E-state index contributed by atoms with van der Waals surface area (Å²) in [6.07, 6.45) is 3.21. The molecule has 0 fully saturated rings. The molecule has 0 aromatic rings. The summed E-state index contributed by atoms with van der Waals surface area (Å²) in [5.74, 6) is -0.0437. The summed E-state index contributed by atoms with van der Waals surface area (Å²) in [6.45, 7) is 10.6. The van der Waals surface area contributed by atoms with Crippen LogP contribution in [0, 0.1) is 6.92 Å². The highest BCUT2D eigenvalue weighted by Gasteiger charge is 2.13. The molecular formula is C10H20NO. The SMILES string of the molecule is [CH2]C(=O)N(CCCC)C(C)CC. The first-order valence-corrected chi connectivity index (χ1v) is 4.76. The van der Waals surface area contributed by atoms with Crippen molar-refractivity contribution < 1.29 is 4.79 Å². The molecule has 0 aliphatic carbocycles. The van der Waals surface area contributed by atoms with Gasteiger partial charge in [-0.2, -0.15) is 0 Å². The van der Waals surface area contributed by atoms with Crippen LogP contribution in [0.5, 0.6) is 0 Å². The minimum absolute atomic E-state index is 0.0437. The minimum Gasteiger partial charge on any atom is -0.340 e. The first kappa shape index (κ1) is 11.5. The van der Waals surface area contributed by atoms with Crippen LogP contribution in [0.15, 0.2) is 0 Å². The summed E-state index contributed by atoms with van der Waals surface area (Å²) in [5, 5.41) is 0. The maximum Gasteiger partial charge on any atom is 0.223 e. The summed E-state index contributed by atoms with van der Waals surface area (Å²) in [7, 11) is 0. The van der Waals surface area contributed by atoms with E-state index in [1.165, 1.54) is 0 Å². The molecule has 0 bridgehead atoms. The van der Waals surface area contributed by atoms with Gasteiger partial charge in [-0.05, 0) is 19.8 Å². The lowest BCUT2D eigenvalue weighted by Gasteiger charge is -2.27. The average Bonchev–Trinajstić information content (AvgIpc) is 2.04. The van der Waals surface area contributed by atoms with Gasteiger partial charge in [0.25, 0.3) is 0 Å². The van der Waals surface area contributed by atoms with Gasteiger partial charge in [0.2, 0.25) is 5.91 Å². The number of nitrogens with zero attached hydrogens (tertiary/aromatic N) is 1. The Hall–Kier alpha value is -0.530. The van der Waals surface area contributed by atoms with Crippen LogP contribution in [0.2, 0.25) is 0 Å². The number of carbonyl (C=O) groups excluding carboxylic acids is 1. The van der Waals surface area contributed by atoms with Crippen LogP contribution in [0.25, 0.3) is 0 Å². The van der Waals surface area contributed by atoms with Crippen LogP contribution in [0.1, 0.15) is 40.0 Å². The molecular weight excluding hydrogens is 150 g/mol. The Morgan fingerprint density at radius 3 is 2.42 bits per heavy atom. The van der Waals surface area contributed by atoms with Gasteiger partial charge in [-0.25, -0.2) is 0 Å². The molecule has 2 nitrogen and oxygen atoms in total. The number of amides is 1. The molecule has 0 spiro atoms. The van der Waals surface area contributed by atoms with E-state index in [1.54, 1.807) is 0 Å². The molecule has 1 amide bonds. The van der Waals surface area contributed by atoms with Gasteiger partial charge in [-0.15, -0.1) is 0 Å². The van der Waals surface area contributed by atoms with Gasteiger partial charge in [0.1, 0.15) is 0 Å². The Morgan fingerprint density at radius 1 is 1.50 bits per heavy atom. The van der Waals surface area contributed by atoms with Gasteiger partial charge in [-0.1, -0.05) is 20.3 Å². The molecule has 0 saturated heterocycles. The fourth-order valence-corrected chi connectivity index (χ4v) is 1.14. The summed E-state index contributed by atoms with van der Waals surface area (Å²) in [5.41, 5.74) is 0. The molecule has 0 aliphatic rings. The molecule has 0 aromatic heterocycles. The highest BCUT2D eigenvalue weighted by atomic mass is 16.2. The Kier molecular flexibility index (Phi) is 5.77. The van der Waals surface area contributed by atoms with Gasteiger partial charge >= 0.3 is 0 Å². The van der Waals surface area contributed by atoms with Crippen LogP contribution in [0.4, 0.5) is 0 Å². The normalized spacial score (nSPS) is 12.7. The van der Waals surface area contributed by atoms with Crippen LogP contribution in [0.3, 0.4) is 0 Å². The first-order valence-electron chi connectivity index (χ1n) is 4.76. The quantitative estimate of drug-likeness (QED) is 0.619. The molecule has 0 aromatic carbocycles. The van der Waals surface area contributed by atoms with Crippen molar-refractivity contribution >= 4 is 5.91 Å². The molecule has 1 radical (unpaired) electrons. The van der Waals surface area contributed by atoms with Crippen LogP contribution >= 0.6 is 0 Å². The molecule has 12 heavy (non-hydrogen) atoms. The molecule has 0 saturated carbocycles. The Bertz CT molecular complexity index is 134. The van der Waals surface area contributed by atoms with Crippen molar-refractivity contribution in [2.45, 2.75) is 46.1 Å². The lowest BCUT2D eigenvalue weighted by Crippen LogP contribution is -2.37. The van der Waals surface area contributed by atoms with Crippen LogP contribution < -0.4 is 0 Å². The standard InChI is InChI=1S/C10H20NO/c1-5-7-8-11(10(4)12)9(3)6-2/h9H,4-8H2,1-3H3. The summed E-state index contributed by atoms with van der Waals surface area (Å²) in [6, 6.07) is 0.335. The highest BCUT2D eigenvalue weighted by molar-refractivity contribution is 5.80. The molecule has 0 heterocycles. The zero-order valence-electron chi connectivity index (χ0n) is 8.47. The number of unbranched alkanes of at least 4 members (excludes halogenated alkanes) is 1. The number of carbonyl (C=O) groups is 1. The van der Waals surface area contributed by atoms with Crippen molar-refractivity contribution in [1.82, 2.24) is 4.90 Å². The van der Waals surface area contributed by atoms with Crippen molar-refractivity contribution in [3.63, 3.8) is 0 Å². The Morgan fingerprint density at radius 2 is 2.08 bits per heavy atom. The molecule has 1 atom stereocenters. The lowest BCUT2D eigenvalue weighted by molar-refractivity contribution is -0.128. The molecule has 0 aliphatic heterocycles. The fraction of sp³-hybridized carbons (Fsp3) is 0.800. The Balaban J connectivity index is 3.94. The summed E-state index contributed by atoms with van der Waals surface area (Å²) in [4.78, 5) is 12.9. The largest absolute Gasteiger partial charge is 0.340 e. The molecule has 0 rings (SSSR count). The zero-order valence-corrected chi connectivity index (χ0v) is 8.47. The van der Waals surface area contributed by atoms with Gasteiger partial charge in [0.15, 0.2) is 0 Å². The van der Waals surface area contributed by atoms with E-state index in [4.69, 9.17) is 0 Å². The topological polar surface area (TPSA) is 20.3 Å². The van der Waals surface area contributed by atoms with Gasteiger partial charge in [-0.3, -0.25) is 4.79 Å². The van der Waals surface area contributed by atoms with E-state index < -0.39 is 0 Å². The smallest absolute Gasteiger partial charge is 0.223 e. The fourth-order valence-electron chi connectivity index (χ4n) is 1.14.